The number of carboxylic acid groups (broad SMARTS) is 3. The van der Waals surface area contributed by atoms with Gasteiger partial charge in [-0.05, 0) is 0 Å². The van der Waals surface area contributed by atoms with Crippen LogP contribution in [0.5, 0.6) is 0 Å². The third-order valence-electron chi connectivity index (χ3n) is 1.06. The standard InChI is InChI=1S/C6H9NO6.Co/c8-4(9)1-7(2-5(10)11)3-6(12)13;/h1-3H2,(H,8,9)(H,10,11)(H,12,13);/q;+3/p-2. The molecule has 0 amide bonds. The Morgan fingerprint density at radius 2 is 1.07 bits per heavy atom. The molecule has 0 N–H and O–H groups in total. The van der Waals surface area contributed by atoms with Crippen LogP contribution in [0.2, 0.25) is 0 Å². The Labute approximate surface area is 91.0 Å². The van der Waals surface area contributed by atoms with Gasteiger partial charge in [0.2, 0.25) is 0 Å². The van der Waals surface area contributed by atoms with Crippen LogP contribution in [0.1, 0.15) is 1.43 Å². The fourth-order valence-corrected chi connectivity index (χ4v) is 0.715. The molecule has 0 aromatic heterocycles. The van der Waals surface area contributed by atoms with Gasteiger partial charge in [0.15, 0.2) is 0 Å². The van der Waals surface area contributed by atoms with Crippen molar-refractivity contribution in [3.8, 4) is 0 Å². The Hall–Kier alpha value is -1.12. The molecular weight excluding hydrogens is 241 g/mol. The van der Waals surface area contributed by atoms with Crippen molar-refractivity contribution in [3.63, 3.8) is 0 Å². The normalized spacial score (nSPS) is 9.21. The number of carboxylic acids is 3. The molecule has 0 saturated carbocycles. The van der Waals surface area contributed by atoms with E-state index in [2.05, 4.69) is 0 Å². The summed E-state index contributed by atoms with van der Waals surface area (Å²) in [5, 5.41) is 30.0. The number of rotatable bonds is 6. The van der Waals surface area contributed by atoms with Gasteiger partial charge in [-0.2, -0.15) is 0 Å². The molecular formula is C6H7CoNO6+. The van der Waals surface area contributed by atoms with Gasteiger partial charge >= 0.3 is 18.2 Å². The Morgan fingerprint density at radius 3 is 1.21 bits per heavy atom. The van der Waals surface area contributed by atoms with Gasteiger partial charge in [0, 0.05) is 19.6 Å². The summed E-state index contributed by atoms with van der Waals surface area (Å²) in [6, 6.07) is 0. The molecule has 0 aliphatic carbocycles. The maximum absolute atomic E-state index is 9.99. The summed E-state index contributed by atoms with van der Waals surface area (Å²) in [6.07, 6.45) is 0. The van der Waals surface area contributed by atoms with Crippen molar-refractivity contribution < 1.29 is 47.9 Å². The quantitative estimate of drug-likeness (QED) is 0.459. The Bertz CT molecular complexity index is 198. The van der Waals surface area contributed by atoms with Gasteiger partial charge in [-0.15, -0.1) is 0 Å². The van der Waals surface area contributed by atoms with Crippen LogP contribution in [0.15, 0.2) is 0 Å². The summed E-state index contributed by atoms with van der Waals surface area (Å²) in [7, 11) is 0. The molecule has 0 aliphatic heterocycles. The zero-order valence-electron chi connectivity index (χ0n) is 7.85. The number of carbonyl (C=O) groups is 3. The maximum Gasteiger partial charge on any atom is 3.00 e. The van der Waals surface area contributed by atoms with Crippen LogP contribution in [0.3, 0.4) is 0 Å². The van der Waals surface area contributed by atoms with Crippen LogP contribution in [-0.4, -0.2) is 42.4 Å². The molecule has 7 nitrogen and oxygen atoms in total. The molecule has 0 saturated heterocycles. The van der Waals surface area contributed by atoms with Crippen LogP contribution < -0.4 is 15.3 Å². The second-order valence-electron chi connectivity index (χ2n) is 2.26. The molecule has 0 aliphatic rings. The van der Waals surface area contributed by atoms with Crippen molar-refractivity contribution in [3.05, 3.63) is 0 Å². The second-order valence-corrected chi connectivity index (χ2v) is 2.26. The molecule has 0 atom stereocenters. The molecule has 0 spiro atoms. The summed E-state index contributed by atoms with van der Waals surface area (Å²) >= 11 is 0. The fraction of sp³-hybridized carbons (Fsp3) is 0.500. The molecule has 0 aromatic carbocycles. The average molecular weight is 248 g/mol. The number of aliphatic carboxylic acids is 3. The van der Waals surface area contributed by atoms with Gasteiger partial charge in [-0.25, -0.2) is 0 Å². The van der Waals surface area contributed by atoms with E-state index in [0.717, 1.165) is 0 Å². The van der Waals surface area contributed by atoms with Gasteiger partial charge in [0.25, 0.3) is 0 Å². The predicted octanol–water partition coefficient (Wildman–Crippen LogP) is -5.35. The summed E-state index contributed by atoms with van der Waals surface area (Å²) in [5.41, 5.74) is 0. The molecule has 80 valence electrons. The minimum Gasteiger partial charge on any atom is -0.549 e. The van der Waals surface area contributed by atoms with Crippen molar-refractivity contribution in [2.24, 2.45) is 0 Å². The van der Waals surface area contributed by atoms with Crippen molar-refractivity contribution >= 4 is 17.9 Å². The molecule has 14 heavy (non-hydrogen) atoms. The first-order valence-electron chi connectivity index (χ1n) is 3.23. The number of hydrogen-bond acceptors (Lipinski definition) is 7. The SMILES string of the molecule is O=C([O-])CN(CC(=O)[O-])CC(=O)[O-].[Co+3].[H+]. The zero-order chi connectivity index (χ0) is 10.4. The van der Waals surface area contributed by atoms with Gasteiger partial charge in [0.05, 0.1) is 17.9 Å². The van der Waals surface area contributed by atoms with Crippen molar-refractivity contribution in [2.75, 3.05) is 19.6 Å². The monoisotopic (exact) mass is 248 g/mol. The minimum atomic E-state index is -1.57. The number of nitrogens with zero attached hydrogens (tertiary/aromatic N) is 1. The first-order chi connectivity index (χ1) is 5.91. The molecule has 0 bridgehead atoms. The van der Waals surface area contributed by atoms with Crippen LogP contribution in [0, 0.1) is 0 Å². The number of carbonyl (C=O) groups excluding carboxylic acids is 3. The van der Waals surface area contributed by atoms with Crippen LogP contribution in [0.25, 0.3) is 0 Å². The zero-order valence-corrected chi connectivity index (χ0v) is 7.89. The summed E-state index contributed by atoms with van der Waals surface area (Å²) in [4.78, 5) is 30.6. The van der Waals surface area contributed by atoms with E-state index >= 15 is 0 Å². The summed E-state index contributed by atoms with van der Waals surface area (Å²) in [5.74, 6) is -4.70. The third kappa shape index (κ3) is 8.97. The molecule has 0 aromatic rings. The van der Waals surface area contributed by atoms with Crippen LogP contribution >= 0.6 is 0 Å². The van der Waals surface area contributed by atoms with Crippen LogP contribution in [0.4, 0.5) is 0 Å². The minimum absolute atomic E-state index is 0. The van der Waals surface area contributed by atoms with Crippen molar-refractivity contribution in [2.45, 2.75) is 0 Å². The molecule has 0 unspecified atom stereocenters. The van der Waals surface area contributed by atoms with Gasteiger partial charge in [0.1, 0.15) is 0 Å². The van der Waals surface area contributed by atoms with Gasteiger partial charge in [-0.1, -0.05) is 0 Å². The van der Waals surface area contributed by atoms with E-state index < -0.39 is 37.5 Å². The number of hydrogen-bond donors (Lipinski definition) is 0. The van der Waals surface area contributed by atoms with E-state index in [1.807, 2.05) is 0 Å². The molecule has 0 fully saturated rings. The van der Waals surface area contributed by atoms with E-state index in [1.54, 1.807) is 0 Å². The van der Waals surface area contributed by atoms with Crippen LogP contribution in [-0.2, 0) is 31.2 Å². The molecule has 0 radical (unpaired) electrons. The van der Waals surface area contributed by atoms with Crippen molar-refractivity contribution in [1.29, 1.82) is 0 Å². The van der Waals surface area contributed by atoms with Gasteiger partial charge < -0.3 is 29.7 Å². The second kappa shape index (κ2) is 7.30. The first-order valence-corrected chi connectivity index (χ1v) is 3.23. The first kappa shape index (κ1) is 15.4. The largest absolute Gasteiger partial charge is 3.00 e. The molecule has 8 heteroatoms. The maximum atomic E-state index is 9.99. The smallest absolute Gasteiger partial charge is 0.549 e. The Kier molecular flexibility index (Phi) is 8.00. The van der Waals surface area contributed by atoms with E-state index in [-0.39, 0.29) is 18.2 Å². The fourth-order valence-electron chi connectivity index (χ4n) is 0.715. The molecule has 0 rings (SSSR count). The molecule has 0 heterocycles. The average Bonchev–Trinajstić information content (AvgIpc) is 1.80. The van der Waals surface area contributed by atoms with E-state index in [9.17, 15) is 29.7 Å². The van der Waals surface area contributed by atoms with Gasteiger partial charge in [-0.3, -0.25) is 4.90 Å². The topological polar surface area (TPSA) is 124 Å². The van der Waals surface area contributed by atoms with Crippen molar-refractivity contribution in [1.82, 2.24) is 4.90 Å². The Balaban J connectivity index is -0.000000720. The third-order valence-corrected chi connectivity index (χ3v) is 1.06. The predicted molar refractivity (Wildman–Crippen MR) is 32.6 cm³/mol. The van der Waals surface area contributed by atoms with E-state index in [4.69, 9.17) is 0 Å². The van der Waals surface area contributed by atoms with E-state index in [1.165, 1.54) is 0 Å². The summed E-state index contributed by atoms with van der Waals surface area (Å²) < 4.78 is 0. The summed E-state index contributed by atoms with van der Waals surface area (Å²) in [6.45, 7) is -2.37. The van der Waals surface area contributed by atoms with E-state index in [0.29, 0.717) is 4.90 Å². The Morgan fingerprint density at radius 1 is 0.857 bits per heavy atom.